The molecule has 1 N–H and O–H groups in total. The van der Waals surface area contributed by atoms with E-state index in [2.05, 4.69) is 12.2 Å². The van der Waals surface area contributed by atoms with Gasteiger partial charge in [0.2, 0.25) is 0 Å². The van der Waals surface area contributed by atoms with Gasteiger partial charge in [-0.1, -0.05) is 6.92 Å². The highest BCUT2D eigenvalue weighted by molar-refractivity contribution is 7.15. The summed E-state index contributed by atoms with van der Waals surface area (Å²) in [6.45, 7) is 4.23. The minimum atomic E-state index is 0.577. The van der Waals surface area contributed by atoms with Gasteiger partial charge in [0, 0.05) is 17.3 Å². The smallest absolute Gasteiger partial charge is 0.162 e. The second kappa shape index (κ2) is 5.24. The van der Waals surface area contributed by atoms with Crippen molar-refractivity contribution in [1.82, 2.24) is 10.3 Å². The Morgan fingerprint density at radius 3 is 3.28 bits per heavy atom. The zero-order valence-corrected chi connectivity index (χ0v) is 11.4. The number of rotatable bonds is 4. The van der Waals surface area contributed by atoms with E-state index in [1.807, 2.05) is 12.1 Å². The Bertz CT molecular complexity index is 504. The molecule has 18 heavy (non-hydrogen) atoms. The van der Waals surface area contributed by atoms with Crippen LogP contribution in [-0.4, -0.2) is 18.1 Å². The summed E-state index contributed by atoms with van der Waals surface area (Å²) in [4.78, 5) is 6.27. The van der Waals surface area contributed by atoms with Gasteiger partial charge in [-0.2, -0.15) is 0 Å². The maximum absolute atomic E-state index is 5.45. The van der Waals surface area contributed by atoms with E-state index in [-0.39, 0.29) is 0 Å². The molecule has 0 amide bonds. The molecule has 0 saturated carbocycles. The number of hydrogen-bond donors (Lipinski definition) is 1. The van der Waals surface area contributed by atoms with E-state index in [1.54, 1.807) is 17.6 Å². The van der Waals surface area contributed by atoms with Crippen molar-refractivity contribution in [2.24, 2.45) is 0 Å². The van der Waals surface area contributed by atoms with Gasteiger partial charge >= 0.3 is 0 Å². The van der Waals surface area contributed by atoms with Gasteiger partial charge in [-0.25, -0.2) is 4.98 Å². The van der Waals surface area contributed by atoms with Gasteiger partial charge in [-0.15, -0.1) is 11.3 Å². The molecular weight excluding hydrogens is 244 g/mol. The van der Waals surface area contributed by atoms with Crippen LogP contribution in [0.5, 0.6) is 0 Å². The van der Waals surface area contributed by atoms with E-state index >= 15 is 0 Å². The topological polar surface area (TPSA) is 38.1 Å². The second-order valence-corrected chi connectivity index (χ2v) is 5.79. The quantitative estimate of drug-likeness (QED) is 0.917. The van der Waals surface area contributed by atoms with E-state index in [0.717, 1.165) is 23.9 Å². The SMILES string of the molecule is CCNCC1CCCc2sc(-c3ccco3)nc21. The van der Waals surface area contributed by atoms with Crippen molar-refractivity contribution in [3.63, 3.8) is 0 Å². The van der Waals surface area contributed by atoms with Crippen molar-refractivity contribution >= 4 is 11.3 Å². The molecule has 0 aromatic carbocycles. The lowest BCUT2D eigenvalue weighted by Gasteiger charge is -2.21. The first-order valence-electron chi connectivity index (χ1n) is 6.62. The summed E-state index contributed by atoms with van der Waals surface area (Å²) in [6.07, 6.45) is 5.42. The molecule has 1 unspecified atom stereocenters. The first kappa shape index (κ1) is 11.9. The highest BCUT2D eigenvalue weighted by atomic mass is 32.1. The minimum Gasteiger partial charge on any atom is -0.462 e. The lowest BCUT2D eigenvalue weighted by Crippen LogP contribution is -2.23. The van der Waals surface area contributed by atoms with Crippen LogP contribution in [-0.2, 0) is 6.42 Å². The van der Waals surface area contributed by atoms with Crippen molar-refractivity contribution in [1.29, 1.82) is 0 Å². The third-order valence-corrected chi connectivity index (χ3v) is 4.59. The average Bonchev–Trinajstić information content (AvgIpc) is 3.03. The van der Waals surface area contributed by atoms with Gasteiger partial charge in [0.25, 0.3) is 0 Å². The molecule has 1 aliphatic carbocycles. The highest BCUT2D eigenvalue weighted by Crippen LogP contribution is 2.37. The minimum absolute atomic E-state index is 0.577. The summed E-state index contributed by atoms with van der Waals surface area (Å²) in [5.41, 5.74) is 1.30. The highest BCUT2D eigenvalue weighted by Gasteiger charge is 2.25. The number of hydrogen-bond acceptors (Lipinski definition) is 4. The number of nitrogens with one attached hydrogen (secondary N) is 1. The predicted octanol–water partition coefficient (Wildman–Crippen LogP) is 3.43. The molecule has 2 heterocycles. The first-order valence-corrected chi connectivity index (χ1v) is 7.44. The van der Waals surface area contributed by atoms with Crippen molar-refractivity contribution in [3.8, 4) is 10.8 Å². The summed E-state index contributed by atoms with van der Waals surface area (Å²) < 4.78 is 5.45. The summed E-state index contributed by atoms with van der Waals surface area (Å²) in [5.74, 6) is 1.48. The fourth-order valence-corrected chi connectivity index (χ4v) is 3.69. The molecule has 0 fully saturated rings. The number of likely N-dealkylation sites (N-methyl/N-ethyl adjacent to an activating group) is 1. The van der Waals surface area contributed by atoms with E-state index in [1.165, 1.54) is 29.8 Å². The van der Waals surface area contributed by atoms with Crippen LogP contribution >= 0.6 is 11.3 Å². The molecule has 1 aliphatic rings. The number of aromatic nitrogens is 1. The lowest BCUT2D eigenvalue weighted by atomic mass is 9.91. The monoisotopic (exact) mass is 262 g/mol. The molecule has 0 saturated heterocycles. The molecule has 0 bridgehead atoms. The van der Waals surface area contributed by atoms with Crippen LogP contribution in [0, 0.1) is 0 Å². The number of aryl methyl sites for hydroxylation is 1. The van der Waals surface area contributed by atoms with Gasteiger partial charge in [0.05, 0.1) is 12.0 Å². The van der Waals surface area contributed by atoms with Gasteiger partial charge in [-0.3, -0.25) is 0 Å². The fraction of sp³-hybridized carbons (Fsp3) is 0.500. The van der Waals surface area contributed by atoms with Gasteiger partial charge in [-0.05, 0) is 37.9 Å². The van der Waals surface area contributed by atoms with Crippen LogP contribution in [0.2, 0.25) is 0 Å². The van der Waals surface area contributed by atoms with E-state index in [0.29, 0.717) is 5.92 Å². The van der Waals surface area contributed by atoms with Gasteiger partial charge in [0.1, 0.15) is 0 Å². The van der Waals surface area contributed by atoms with Crippen molar-refractivity contribution in [2.45, 2.75) is 32.1 Å². The Kier molecular flexibility index (Phi) is 3.48. The van der Waals surface area contributed by atoms with Crippen LogP contribution < -0.4 is 5.32 Å². The van der Waals surface area contributed by atoms with Crippen molar-refractivity contribution < 1.29 is 4.42 Å². The molecule has 3 nitrogen and oxygen atoms in total. The van der Waals surface area contributed by atoms with E-state index in [9.17, 15) is 0 Å². The number of furan rings is 1. The molecular formula is C14H18N2OS. The third kappa shape index (κ3) is 2.22. The molecule has 0 aliphatic heterocycles. The predicted molar refractivity (Wildman–Crippen MR) is 74.0 cm³/mol. The maximum atomic E-state index is 5.45. The van der Waals surface area contributed by atoms with Crippen molar-refractivity contribution in [2.75, 3.05) is 13.1 Å². The zero-order chi connectivity index (χ0) is 12.4. The molecule has 1 atom stereocenters. The van der Waals surface area contributed by atoms with Crippen LogP contribution in [0.25, 0.3) is 10.8 Å². The van der Waals surface area contributed by atoms with Gasteiger partial charge in [0.15, 0.2) is 10.8 Å². The standard InChI is InChI=1S/C14H18N2OS/c1-2-15-9-10-5-3-7-12-13(10)16-14(18-12)11-6-4-8-17-11/h4,6,8,10,15H,2-3,5,7,9H2,1H3. The Hall–Kier alpha value is -1.13. The lowest BCUT2D eigenvalue weighted by molar-refractivity contribution is 0.508. The Morgan fingerprint density at radius 1 is 1.56 bits per heavy atom. The third-order valence-electron chi connectivity index (χ3n) is 3.44. The van der Waals surface area contributed by atoms with Gasteiger partial charge < -0.3 is 9.73 Å². The number of fused-ring (bicyclic) bond motifs is 1. The fourth-order valence-electron chi connectivity index (χ4n) is 2.53. The summed E-state index contributed by atoms with van der Waals surface area (Å²) in [6, 6.07) is 3.91. The summed E-state index contributed by atoms with van der Waals surface area (Å²) in [5, 5.41) is 4.48. The first-order chi connectivity index (χ1) is 8.88. The Morgan fingerprint density at radius 2 is 2.50 bits per heavy atom. The van der Waals surface area contributed by atoms with Crippen LogP contribution in [0.1, 0.15) is 36.3 Å². The second-order valence-electron chi connectivity index (χ2n) is 4.70. The normalized spacial score (nSPS) is 18.8. The largest absolute Gasteiger partial charge is 0.462 e. The number of thiazole rings is 1. The Labute approximate surface area is 111 Å². The zero-order valence-electron chi connectivity index (χ0n) is 10.6. The Balaban J connectivity index is 1.88. The van der Waals surface area contributed by atoms with E-state index in [4.69, 9.17) is 9.40 Å². The molecule has 4 heteroatoms. The van der Waals surface area contributed by atoms with Crippen molar-refractivity contribution in [3.05, 3.63) is 29.0 Å². The molecule has 0 spiro atoms. The molecule has 96 valence electrons. The maximum Gasteiger partial charge on any atom is 0.162 e. The van der Waals surface area contributed by atoms with E-state index < -0.39 is 0 Å². The average molecular weight is 262 g/mol. The summed E-state index contributed by atoms with van der Waals surface area (Å²) in [7, 11) is 0. The van der Waals surface area contributed by atoms with Crippen LogP contribution in [0.3, 0.4) is 0 Å². The summed E-state index contributed by atoms with van der Waals surface area (Å²) >= 11 is 1.80. The van der Waals surface area contributed by atoms with Crippen LogP contribution in [0.4, 0.5) is 0 Å². The molecule has 0 radical (unpaired) electrons. The molecule has 2 aromatic rings. The molecule has 2 aromatic heterocycles. The molecule has 3 rings (SSSR count). The number of nitrogens with zero attached hydrogens (tertiary/aromatic N) is 1. The van der Waals surface area contributed by atoms with Crippen LogP contribution in [0.15, 0.2) is 22.8 Å².